The third-order valence-corrected chi connectivity index (χ3v) is 6.95. The first kappa shape index (κ1) is 27.5. The number of nitrogens with one attached hydrogen (secondary N) is 2. The lowest BCUT2D eigenvalue weighted by Gasteiger charge is -2.26. The van der Waals surface area contributed by atoms with Gasteiger partial charge in [0.25, 0.3) is 0 Å². The number of anilines is 3. The molecule has 5 heterocycles. The molecule has 3 aromatic heterocycles. The Balaban J connectivity index is 1.25. The Morgan fingerprint density at radius 1 is 1.10 bits per heavy atom. The van der Waals surface area contributed by atoms with Crippen LogP contribution in [0.4, 0.5) is 17.5 Å². The number of hydrogen-bond acceptors (Lipinski definition) is 12. The largest absolute Gasteiger partial charge is 0.383 e. The van der Waals surface area contributed by atoms with Crippen LogP contribution in [0.5, 0.6) is 0 Å². The number of amides is 1. The molecule has 1 amide bonds. The summed E-state index contributed by atoms with van der Waals surface area (Å²) in [5.74, 6) is 0.621. The highest BCUT2D eigenvalue weighted by Crippen LogP contribution is 2.34. The molecule has 208 valence electrons. The maximum atomic E-state index is 12.3. The van der Waals surface area contributed by atoms with E-state index in [1.807, 2.05) is 4.90 Å². The number of morpholine rings is 1. The van der Waals surface area contributed by atoms with Gasteiger partial charge in [0, 0.05) is 44.1 Å². The van der Waals surface area contributed by atoms with E-state index >= 15 is 0 Å². The molecule has 3 aromatic rings. The van der Waals surface area contributed by atoms with E-state index < -0.39 is 5.60 Å². The van der Waals surface area contributed by atoms with Crippen molar-refractivity contribution in [1.29, 1.82) is 5.26 Å². The first-order valence-corrected chi connectivity index (χ1v) is 13.2. The number of rotatable bonds is 7. The van der Waals surface area contributed by atoms with Gasteiger partial charge in [-0.3, -0.25) is 14.7 Å². The Bertz CT molecular complexity index is 1380. The lowest BCUT2D eigenvalue weighted by molar-refractivity contribution is -0.118. The molecular formula is C27H31N9O4. The Morgan fingerprint density at radius 3 is 2.73 bits per heavy atom. The molecule has 5 rings (SSSR count). The Morgan fingerprint density at radius 2 is 1.95 bits per heavy atom. The fraction of sp³-hybridized carbons (Fsp3) is 0.407. The van der Waals surface area contributed by atoms with Gasteiger partial charge in [-0.1, -0.05) is 0 Å². The summed E-state index contributed by atoms with van der Waals surface area (Å²) >= 11 is 0. The zero-order valence-corrected chi connectivity index (χ0v) is 22.0. The fourth-order valence-electron chi connectivity index (χ4n) is 4.80. The number of carbonyl (C=O) groups excluding carboxylic acids is 1. The number of aliphatic hydroxyl groups is 1. The Hall–Kier alpha value is -4.06. The third-order valence-electron chi connectivity index (χ3n) is 6.95. The van der Waals surface area contributed by atoms with E-state index in [-0.39, 0.29) is 24.4 Å². The number of hydrogen-bond donors (Lipinski definition) is 4. The van der Waals surface area contributed by atoms with Crippen LogP contribution in [0.1, 0.15) is 30.5 Å². The maximum Gasteiger partial charge on any atom is 0.239 e. The summed E-state index contributed by atoms with van der Waals surface area (Å²) in [6.07, 6.45) is 6.00. The number of nitrogens with zero attached hydrogens (tertiary/aromatic N) is 7. The molecule has 1 unspecified atom stereocenters. The van der Waals surface area contributed by atoms with E-state index in [0.717, 1.165) is 13.1 Å². The van der Waals surface area contributed by atoms with Crippen molar-refractivity contribution in [2.45, 2.75) is 24.9 Å². The van der Waals surface area contributed by atoms with Gasteiger partial charge < -0.3 is 25.7 Å². The number of hydroxylamine groups is 2. The third kappa shape index (κ3) is 6.74. The molecule has 0 radical (unpaired) electrons. The quantitative estimate of drug-likeness (QED) is 0.340. The summed E-state index contributed by atoms with van der Waals surface area (Å²) in [5.41, 5.74) is 1.05. The van der Waals surface area contributed by atoms with Crippen molar-refractivity contribution >= 4 is 23.4 Å². The van der Waals surface area contributed by atoms with Crippen molar-refractivity contribution in [3.8, 4) is 17.3 Å². The Labute approximate surface area is 231 Å². The van der Waals surface area contributed by atoms with E-state index in [1.165, 1.54) is 5.06 Å². The molecule has 1 atom stereocenters. The fourth-order valence-corrected chi connectivity index (χ4v) is 4.80. The van der Waals surface area contributed by atoms with Crippen molar-refractivity contribution in [2.75, 3.05) is 56.6 Å². The molecular weight excluding hydrogens is 514 g/mol. The number of aromatic nitrogens is 4. The second-order valence-electron chi connectivity index (χ2n) is 9.83. The number of pyridine rings is 2. The van der Waals surface area contributed by atoms with Crippen LogP contribution in [0.25, 0.3) is 11.3 Å². The molecule has 0 aromatic carbocycles. The van der Waals surface area contributed by atoms with E-state index in [2.05, 4.69) is 36.6 Å². The first-order chi connectivity index (χ1) is 19.4. The summed E-state index contributed by atoms with van der Waals surface area (Å²) in [6.45, 7) is 3.76. The summed E-state index contributed by atoms with van der Waals surface area (Å²) in [7, 11) is 0. The standard InChI is InChI=1S/C27H31N9O4/c28-15-19-14-20(16-31-25(19)27(38)5-1-8-36(39)9-6-27)22-4-7-29-26(33-22)32-21-2-3-23(30-17-21)34-24(37)18-35-10-12-40-13-11-35/h2-4,7,14,16-17,38-39H,1,5-6,8-13,18H2,(H,29,32,33)(H,30,34,37). The molecule has 4 N–H and O–H groups in total. The summed E-state index contributed by atoms with van der Waals surface area (Å²) in [5, 5.41) is 38.0. The first-order valence-electron chi connectivity index (χ1n) is 13.2. The van der Waals surface area contributed by atoms with Gasteiger partial charge in [0.05, 0.1) is 48.6 Å². The van der Waals surface area contributed by atoms with Crippen molar-refractivity contribution in [1.82, 2.24) is 29.9 Å². The van der Waals surface area contributed by atoms with Crippen LogP contribution in [-0.4, -0.2) is 92.1 Å². The minimum Gasteiger partial charge on any atom is -0.383 e. The second kappa shape index (κ2) is 12.4. The molecule has 40 heavy (non-hydrogen) atoms. The molecule has 0 bridgehead atoms. The second-order valence-corrected chi connectivity index (χ2v) is 9.83. The Kier molecular flexibility index (Phi) is 8.54. The average Bonchev–Trinajstić information content (AvgIpc) is 3.15. The monoisotopic (exact) mass is 545 g/mol. The molecule has 2 fully saturated rings. The van der Waals surface area contributed by atoms with E-state index in [9.17, 15) is 20.4 Å². The van der Waals surface area contributed by atoms with Crippen LogP contribution in [0.3, 0.4) is 0 Å². The highest BCUT2D eigenvalue weighted by molar-refractivity contribution is 5.91. The van der Waals surface area contributed by atoms with E-state index in [0.29, 0.717) is 73.5 Å². The molecule has 13 heteroatoms. The van der Waals surface area contributed by atoms with Crippen LogP contribution >= 0.6 is 0 Å². The van der Waals surface area contributed by atoms with Crippen LogP contribution in [0.15, 0.2) is 42.9 Å². The molecule has 2 aliphatic rings. The van der Waals surface area contributed by atoms with Gasteiger partial charge in [0.2, 0.25) is 11.9 Å². The van der Waals surface area contributed by atoms with Gasteiger partial charge in [0.1, 0.15) is 17.5 Å². The smallest absolute Gasteiger partial charge is 0.239 e. The minimum atomic E-state index is -1.29. The summed E-state index contributed by atoms with van der Waals surface area (Å²) < 4.78 is 5.31. The molecule has 0 saturated carbocycles. The van der Waals surface area contributed by atoms with Crippen LogP contribution in [0.2, 0.25) is 0 Å². The van der Waals surface area contributed by atoms with Crippen molar-refractivity contribution in [3.05, 3.63) is 54.1 Å². The molecule has 2 saturated heterocycles. The van der Waals surface area contributed by atoms with Crippen LogP contribution < -0.4 is 10.6 Å². The summed E-state index contributed by atoms with van der Waals surface area (Å²) in [6, 6.07) is 8.97. The van der Waals surface area contributed by atoms with Gasteiger partial charge in [-0.05, 0) is 43.5 Å². The number of ether oxygens (including phenoxy) is 1. The van der Waals surface area contributed by atoms with Gasteiger partial charge >= 0.3 is 0 Å². The van der Waals surface area contributed by atoms with E-state index in [4.69, 9.17) is 4.74 Å². The SMILES string of the molecule is N#Cc1cc(-c2ccnc(Nc3ccc(NC(=O)CN4CCOCC4)nc3)n2)cnc1C1(O)CCCN(O)CC1. The summed E-state index contributed by atoms with van der Waals surface area (Å²) in [4.78, 5) is 31.9. The lowest BCUT2D eigenvalue weighted by Crippen LogP contribution is -2.41. The number of carbonyl (C=O) groups is 1. The zero-order valence-electron chi connectivity index (χ0n) is 22.0. The van der Waals surface area contributed by atoms with E-state index in [1.54, 1.807) is 42.9 Å². The normalized spacial score (nSPS) is 20.3. The van der Waals surface area contributed by atoms with Crippen molar-refractivity contribution in [3.63, 3.8) is 0 Å². The topological polar surface area (TPSA) is 173 Å². The van der Waals surface area contributed by atoms with Crippen molar-refractivity contribution in [2.24, 2.45) is 0 Å². The highest BCUT2D eigenvalue weighted by atomic mass is 16.5. The van der Waals surface area contributed by atoms with Crippen LogP contribution in [0, 0.1) is 11.3 Å². The van der Waals surface area contributed by atoms with Gasteiger partial charge in [-0.2, -0.15) is 10.3 Å². The molecule has 0 spiro atoms. The molecule has 2 aliphatic heterocycles. The predicted molar refractivity (Wildman–Crippen MR) is 144 cm³/mol. The van der Waals surface area contributed by atoms with Crippen molar-refractivity contribution < 1.29 is 19.8 Å². The van der Waals surface area contributed by atoms with Gasteiger partial charge in [0.15, 0.2) is 0 Å². The van der Waals surface area contributed by atoms with Gasteiger partial charge in [-0.15, -0.1) is 0 Å². The highest BCUT2D eigenvalue weighted by Gasteiger charge is 2.35. The minimum absolute atomic E-state index is 0.135. The lowest BCUT2D eigenvalue weighted by atomic mass is 9.87. The molecule has 13 nitrogen and oxygen atoms in total. The van der Waals surface area contributed by atoms with Gasteiger partial charge in [-0.25, -0.2) is 15.0 Å². The average molecular weight is 546 g/mol. The van der Waals surface area contributed by atoms with Crippen LogP contribution in [-0.2, 0) is 15.1 Å². The maximum absolute atomic E-state index is 12.3. The molecule has 0 aliphatic carbocycles. The number of nitriles is 1. The zero-order chi connectivity index (χ0) is 28.0. The predicted octanol–water partition coefficient (Wildman–Crippen LogP) is 1.88.